The molecule has 0 bridgehead atoms. The zero-order valence-corrected chi connectivity index (χ0v) is 15.4. The Morgan fingerprint density at radius 2 is 1.70 bits per heavy atom. The van der Waals surface area contributed by atoms with Crippen molar-refractivity contribution in [2.24, 2.45) is 0 Å². The maximum Gasteiger partial charge on any atom is 0.258 e. The standard InChI is InChI=1S/C21H23F2NO3/c1-14(12-18-19(22)4-3-5-20(18)23)24-21(26)13-27-17-10-8-16(9-11-17)7-6-15(2)25/h3-5,8-11,14H,6-7,12-13H2,1-2H3,(H,24,26). The minimum atomic E-state index is -0.628. The third kappa shape index (κ3) is 6.81. The smallest absolute Gasteiger partial charge is 0.258 e. The molecule has 0 aliphatic heterocycles. The lowest BCUT2D eigenvalue weighted by molar-refractivity contribution is -0.123. The fourth-order valence-corrected chi connectivity index (χ4v) is 2.62. The molecule has 0 heterocycles. The van der Waals surface area contributed by atoms with Crippen molar-refractivity contribution in [2.75, 3.05) is 6.61 Å². The van der Waals surface area contributed by atoms with Crippen LogP contribution >= 0.6 is 0 Å². The Hall–Kier alpha value is -2.76. The Morgan fingerprint density at radius 3 is 2.30 bits per heavy atom. The van der Waals surface area contributed by atoms with Gasteiger partial charge in [0.2, 0.25) is 0 Å². The first kappa shape index (κ1) is 20.6. The summed E-state index contributed by atoms with van der Waals surface area (Å²) in [5.74, 6) is -0.963. The first-order valence-electron chi connectivity index (χ1n) is 8.78. The first-order valence-corrected chi connectivity index (χ1v) is 8.78. The van der Waals surface area contributed by atoms with Crippen molar-refractivity contribution in [1.29, 1.82) is 0 Å². The number of halogens is 2. The average molecular weight is 375 g/mol. The Bertz CT molecular complexity index is 770. The van der Waals surface area contributed by atoms with E-state index in [1.54, 1.807) is 26.0 Å². The van der Waals surface area contributed by atoms with Crippen LogP contribution in [0.1, 0.15) is 31.4 Å². The number of benzene rings is 2. The van der Waals surface area contributed by atoms with Gasteiger partial charge in [0.25, 0.3) is 5.91 Å². The zero-order chi connectivity index (χ0) is 19.8. The topological polar surface area (TPSA) is 55.4 Å². The van der Waals surface area contributed by atoms with Gasteiger partial charge in [0.1, 0.15) is 23.2 Å². The van der Waals surface area contributed by atoms with E-state index in [0.29, 0.717) is 18.6 Å². The Labute approximate surface area is 157 Å². The average Bonchev–Trinajstić information content (AvgIpc) is 2.62. The van der Waals surface area contributed by atoms with Gasteiger partial charge in [-0.05, 0) is 56.5 Å². The summed E-state index contributed by atoms with van der Waals surface area (Å²) in [6.07, 6.45) is 1.21. The fraction of sp³-hybridized carbons (Fsp3) is 0.333. The van der Waals surface area contributed by atoms with Crippen molar-refractivity contribution in [3.05, 3.63) is 65.2 Å². The molecule has 2 aromatic carbocycles. The number of amides is 1. The van der Waals surface area contributed by atoms with Crippen molar-refractivity contribution < 1.29 is 23.1 Å². The highest BCUT2D eigenvalue weighted by atomic mass is 19.1. The first-order chi connectivity index (χ1) is 12.8. The molecule has 0 aliphatic rings. The van der Waals surface area contributed by atoms with Crippen LogP contribution in [-0.2, 0) is 22.4 Å². The van der Waals surface area contributed by atoms with Crippen LogP contribution in [0.2, 0.25) is 0 Å². The van der Waals surface area contributed by atoms with Gasteiger partial charge in [-0.15, -0.1) is 0 Å². The molecule has 0 fully saturated rings. The number of ether oxygens (including phenoxy) is 1. The van der Waals surface area contributed by atoms with E-state index in [9.17, 15) is 18.4 Å². The van der Waals surface area contributed by atoms with Crippen LogP contribution in [0.15, 0.2) is 42.5 Å². The highest BCUT2D eigenvalue weighted by Gasteiger charge is 2.14. The molecule has 1 N–H and O–H groups in total. The van der Waals surface area contributed by atoms with Crippen LogP contribution in [0, 0.1) is 11.6 Å². The van der Waals surface area contributed by atoms with E-state index in [1.165, 1.54) is 18.2 Å². The molecule has 0 aromatic heterocycles. The van der Waals surface area contributed by atoms with Gasteiger partial charge in [-0.25, -0.2) is 8.78 Å². The van der Waals surface area contributed by atoms with Crippen molar-refractivity contribution in [2.45, 2.75) is 39.2 Å². The maximum absolute atomic E-state index is 13.7. The molecule has 0 spiro atoms. The lowest BCUT2D eigenvalue weighted by atomic mass is 10.1. The second-order valence-electron chi connectivity index (χ2n) is 6.51. The van der Waals surface area contributed by atoms with Crippen molar-refractivity contribution in [3.8, 4) is 5.75 Å². The summed E-state index contributed by atoms with van der Waals surface area (Å²) >= 11 is 0. The normalized spacial score (nSPS) is 11.7. The molecule has 2 aromatic rings. The third-order valence-corrected chi connectivity index (χ3v) is 4.04. The van der Waals surface area contributed by atoms with Crippen LogP contribution in [0.5, 0.6) is 5.75 Å². The minimum absolute atomic E-state index is 0.0487. The second kappa shape index (κ2) is 9.80. The van der Waals surface area contributed by atoms with Crippen LogP contribution in [0.3, 0.4) is 0 Å². The molecular formula is C21H23F2NO3. The number of hydrogen-bond donors (Lipinski definition) is 1. The second-order valence-corrected chi connectivity index (χ2v) is 6.51. The highest BCUT2D eigenvalue weighted by Crippen LogP contribution is 2.15. The van der Waals surface area contributed by atoms with E-state index in [2.05, 4.69) is 5.32 Å². The van der Waals surface area contributed by atoms with Crippen LogP contribution < -0.4 is 10.1 Å². The molecule has 1 amide bonds. The number of rotatable bonds is 9. The monoisotopic (exact) mass is 375 g/mol. The van der Waals surface area contributed by atoms with E-state index >= 15 is 0 Å². The molecule has 1 unspecified atom stereocenters. The Balaban J connectivity index is 1.79. The summed E-state index contributed by atoms with van der Waals surface area (Å²) in [4.78, 5) is 23.0. The summed E-state index contributed by atoms with van der Waals surface area (Å²) in [6, 6.07) is 10.4. The highest BCUT2D eigenvalue weighted by molar-refractivity contribution is 5.77. The number of carbonyl (C=O) groups excluding carboxylic acids is 2. The lowest BCUT2D eigenvalue weighted by Crippen LogP contribution is -2.37. The van der Waals surface area contributed by atoms with Gasteiger partial charge in [-0.3, -0.25) is 4.79 Å². The number of Topliss-reactive ketones (excluding diaryl/α,β-unsaturated/α-hetero) is 1. The van der Waals surface area contributed by atoms with Gasteiger partial charge in [0, 0.05) is 18.0 Å². The largest absolute Gasteiger partial charge is 0.484 e. The zero-order valence-electron chi connectivity index (χ0n) is 15.4. The maximum atomic E-state index is 13.7. The minimum Gasteiger partial charge on any atom is -0.484 e. The van der Waals surface area contributed by atoms with E-state index in [0.717, 1.165) is 5.56 Å². The molecule has 4 nitrogen and oxygen atoms in total. The predicted molar refractivity (Wildman–Crippen MR) is 98.6 cm³/mol. The summed E-state index contributed by atoms with van der Waals surface area (Å²) in [5, 5.41) is 2.66. The Kier molecular flexibility index (Phi) is 7.46. The summed E-state index contributed by atoms with van der Waals surface area (Å²) in [7, 11) is 0. The molecule has 27 heavy (non-hydrogen) atoms. The third-order valence-electron chi connectivity index (χ3n) is 4.04. The van der Waals surface area contributed by atoms with Crippen LogP contribution in [0.25, 0.3) is 0 Å². The molecule has 6 heteroatoms. The number of nitrogens with one attached hydrogen (secondary N) is 1. The molecule has 0 saturated heterocycles. The number of ketones is 1. The van der Waals surface area contributed by atoms with Gasteiger partial charge < -0.3 is 14.8 Å². The number of hydrogen-bond acceptors (Lipinski definition) is 3. The molecule has 0 radical (unpaired) electrons. The molecule has 0 aliphatic carbocycles. The molecule has 144 valence electrons. The summed E-state index contributed by atoms with van der Waals surface area (Å²) < 4.78 is 32.7. The molecule has 2 rings (SSSR count). The Morgan fingerprint density at radius 1 is 1.07 bits per heavy atom. The van der Waals surface area contributed by atoms with E-state index < -0.39 is 17.7 Å². The molecule has 0 saturated carbocycles. The van der Waals surface area contributed by atoms with Gasteiger partial charge in [0.15, 0.2) is 6.61 Å². The van der Waals surface area contributed by atoms with Crippen LogP contribution in [-0.4, -0.2) is 24.3 Å². The lowest BCUT2D eigenvalue weighted by Gasteiger charge is -2.15. The van der Waals surface area contributed by atoms with Crippen molar-refractivity contribution in [3.63, 3.8) is 0 Å². The molecule has 1 atom stereocenters. The van der Waals surface area contributed by atoms with E-state index in [-0.39, 0.29) is 30.3 Å². The predicted octanol–water partition coefficient (Wildman–Crippen LogP) is 3.61. The quantitative estimate of drug-likeness (QED) is 0.728. The fourth-order valence-electron chi connectivity index (χ4n) is 2.62. The van der Waals surface area contributed by atoms with Crippen LogP contribution in [0.4, 0.5) is 8.78 Å². The van der Waals surface area contributed by atoms with Gasteiger partial charge >= 0.3 is 0 Å². The van der Waals surface area contributed by atoms with Gasteiger partial charge in [-0.2, -0.15) is 0 Å². The summed E-state index contributed by atoms with van der Waals surface area (Å²) in [5.41, 5.74) is 0.968. The molecular weight excluding hydrogens is 352 g/mol. The van der Waals surface area contributed by atoms with Crippen molar-refractivity contribution >= 4 is 11.7 Å². The number of carbonyl (C=O) groups is 2. The SMILES string of the molecule is CC(=O)CCc1ccc(OCC(=O)NC(C)Cc2c(F)cccc2F)cc1. The van der Waals surface area contributed by atoms with E-state index in [1.807, 2.05) is 12.1 Å². The van der Waals surface area contributed by atoms with Gasteiger partial charge in [0.05, 0.1) is 0 Å². The van der Waals surface area contributed by atoms with Crippen molar-refractivity contribution in [1.82, 2.24) is 5.32 Å². The van der Waals surface area contributed by atoms with E-state index in [4.69, 9.17) is 4.74 Å². The van der Waals surface area contributed by atoms with Gasteiger partial charge in [-0.1, -0.05) is 18.2 Å². The number of aryl methyl sites for hydroxylation is 1. The summed E-state index contributed by atoms with van der Waals surface area (Å²) in [6.45, 7) is 3.03.